The van der Waals surface area contributed by atoms with Crippen LogP contribution < -0.4 is 9.47 Å². The number of benzene rings is 1. The van der Waals surface area contributed by atoms with Gasteiger partial charge in [0.2, 0.25) is 0 Å². The second-order valence-electron chi connectivity index (χ2n) is 7.18. The molecule has 0 radical (unpaired) electrons. The van der Waals surface area contributed by atoms with Crippen molar-refractivity contribution < 1.29 is 28.6 Å². The predicted molar refractivity (Wildman–Crippen MR) is 110 cm³/mol. The first-order valence-electron chi connectivity index (χ1n) is 10.5. The first-order chi connectivity index (χ1) is 14.0. The van der Waals surface area contributed by atoms with E-state index in [-0.39, 0.29) is 42.4 Å². The Labute approximate surface area is 172 Å². The lowest BCUT2D eigenvalue weighted by Crippen LogP contribution is -2.19. The van der Waals surface area contributed by atoms with Crippen LogP contribution in [0.2, 0.25) is 0 Å². The van der Waals surface area contributed by atoms with Gasteiger partial charge in [-0.3, -0.25) is 9.59 Å². The molecular weight excluding hydrogens is 372 g/mol. The Morgan fingerprint density at radius 2 is 1.55 bits per heavy atom. The van der Waals surface area contributed by atoms with Gasteiger partial charge in [-0.15, -0.1) is 0 Å². The van der Waals surface area contributed by atoms with Gasteiger partial charge < -0.3 is 14.2 Å². The Bertz CT molecular complexity index is 731. The fourth-order valence-electron chi connectivity index (χ4n) is 3.10. The highest BCUT2D eigenvalue weighted by molar-refractivity contribution is 5.87. The number of hydrogen-bond donors (Lipinski definition) is 0. The van der Waals surface area contributed by atoms with Gasteiger partial charge >= 0.3 is 17.9 Å². The topological polar surface area (TPSA) is 78.9 Å². The van der Waals surface area contributed by atoms with Crippen LogP contribution in [-0.4, -0.2) is 24.0 Å². The molecule has 158 valence electrons. The zero-order chi connectivity index (χ0) is 21.1. The van der Waals surface area contributed by atoms with E-state index in [1.54, 1.807) is 24.3 Å². The van der Waals surface area contributed by atoms with Crippen LogP contribution in [0.15, 0.2) is 24.3 Å². The van der Waals surface area contributed by atoms with Crippen LogP contribution in [0.4, 0.5) is 0 Å². The van der Waals surface area contributed by atoms with Crippen molar-refractivity contribution in [3.63, 3.8) is 0 Å². The summed E-state index contributed by atoms with van der Waals surface area (Å²) in [6.07, 6.45) is 10.00. The third-order valence-electron chi connectivity index (χ3n) is 4.57. The second-order valence-corrected chi connectivity index (χ2v) is 7.18. The van der Waals surface area contributed by atoms with Crippen molar-refractivity contribution in [3.8, 4) is 11.5 Å². The van der Waals surface area contributed by atoms with E-state index in [2.05, 4.69) is 0 Å². The van der Waals surface area contributed by atoms with Crippen LogP contribution in [0.25, 0.3) is 6.08 Å². The number of carbonyl (C=O) groups is 3. The molecule has 0 spiro atoms. The van der Waals surface area contributed by atoms with E-state index >= 15 is 0 Å². The molecule has 29 heavy (non-hydrogen) atoms. The van der Waals surface area contributed by atoms with Gasteiger partial charge in [0.25, 0.3) is 0 Å². The number of esters is 3. The third-order valence-corrected chi connectivity index (χ3v) is 4.57. The number of carbonyl (C=O) groups excluding carboxylic acids is 3. The summed E-state index contributed by atoms with van der Waals surface area (Å²) in [4.78, 5) is 35.8. The predicted octanol–water partition coefficient (Wildman–Crippen LogP) is 4.99. The highest BCUT2D eigenvalue weighted by Gasteiger charge is 2.17. The summed E-state index contributed by atoms with van der Waals surface area (Å²) in [5.41, 5.74) is 0.639. The zero-order valence-electron chi connectivity index (χ0n) is 17.3. The standard InChI is InChI=1S/C23H30O6/c1-3-8-21(24)28-19-14-12-17(16-20(19)29-22(25)9-4-2)13-15-23(26)27-18-10-6-5-7-11-18/h12-16,18H,3-11H2,1-2H3/b15-13+. The molecule has 0 atom stereocenters. The van der Waals surface area contributed by atoms with Crippen LogP contribution in [0, 0.1) is 0 Å². The number of ether oxygens (including phenoxy) is 3. The normalized spacial score (nSPS) is 14.6. The van der Waals surface area contributed by atoms with E-state index in [4.69, 9.17) is 14.2 Å². The zero-order valence-corrected chi connectivity index (χ0v) is 17.3. The van der Waals surface area contributed by atoms with Crippen LogP contribution in [0.3, 0.4) is 0 Å². The second kappa shape index (κ2) is 12.0. The molecule has 1 aliphatic carbocycles. The van der Waals surface area contributed by atoms with Crippen molar-refractivity contribution >= 4 is 24.0 Å². The molecule has 0 aromatic heterocycles. The van der Waals surface area contributed by atoms with E-state index in [1.807, 2.05) is 13.8 Å². The summed E-state index contributed by atoms with van der Waals surface area (Å²) < 4.78 is 16.1. The highest BCUT2D eigenvalue weighted by Crippen LogP contribution is 2.30. The fraction of sp³-hybridized carbons (Fsp3) is 0.522. The van der Waals surface area contributed by atoms with Crippen molar-refractivity contribution in [2.24, 2.45) is 0 Å². The monoisotopic (exact) mass is 402 g/mol. The average molecular weight is 402 g/mol. The van der Waals surface area contributed by atoms with Crippen molar-refractivity contribution in [1.82, 2.24) is 0 Å². The summed E-state index contributed by atoms with van der Waals surface area (Å²) in [7, 11) is 0. The SMILES string of the molecule is CCCC(=O)Oc1ccc(/C=C/C(=O)OC2CCCCC2)cc1OC(=O)CCC. The summed E-state index contributed by atoms with van der Waals surface area (Å²) in [5.74, 6) is -0.830. The van der Waals surface area contributed by atoms with Gasteiger partial charge in [0, 0.05) is 18.9 Å². The molecule has 6 heteroatoms. The molecule has 0 amide bonds. The molecule has 0 aliphatic heterocycles. The summed E-state index contributed by atoms with van der Waals surface area (Å²) in [6.45, 7) is 3.75. The molecule has 1 aromatic rings. The lowest BCUT2D eigenvalue weighted by Gasteiger charge is -2.20. The van der Waals surface area contributed by atoms with E-state index < -0.39 is 5.97 Å². The molecule has 0 unspecified atom stereocenters. The summed E-state index contributed by atoms with van der Waals surface area (Å²) in [5, 5.41) is 0. The maximum absolute atomic E-state index is 12.1. The molecule has 1 aliphatic rings. The Morgan fingerprint density at radius 3 is 2.17 bits per heavy atom. The Hall–Kier alpha value is -2.63. The maximum Gasteiger partial charge on any atom is 0.331 e. The maximum atomic E-state index is 12.1. The molecule has 0 saturated heterocycles. The first-order valence-corrected chi connectivity index (χ1v) is 10.5. The van der Waals surface area contributed by atoms with Crippen LogP contribution in [0.1, 0.15) is 77.2 Å². The van der Waals surface area contributed by atoms with Crippen molar-refractivity contribution in [2.45, 2.75) is 77.7 Å². The van der Waals surface area contributed by atoms with Crippen molar-refractivity contribution in [2.75, 3.05) is 0 Å². The van der Waals surface area contributed by atoms with E-state index in [1.165, 1.54) is 12.5 Å². The van der Waals surface area contributed by atoms with Crippen LogP contribution in [0.5, 0.6) is 11.5 Å². The van der Waals surface area contributed by atoms with Crippen LogP contribution >= 0.6 is 0 Å². The first kappa shape index (κ1) is 22.7. The van der Waals surface area contributed by atoms with Gasteiger partial charge in [-0.05, 0) is 62.3 Å². The largest absolute Gasteiger partial charge is 0.459 e. The van der Waals surface area contributed by atoms with E-state index in [0.29, 0.717) is 18.4 Å². The van der Waals surface area contributed by atoms with Crippen LogP contribution in [-0.2, 0) is 19.1 Å². The minimum absolute atomic E-state index is 0.00758. The number of hydrogen-bond acceptors (Lipinski definition) is 6. The minimum Gasteiger partial charge on any atom is -0.459 e. The molecule has 1 fully saturated rings. The Morgan fingerprint density at radius 1 is 0.931 bits per heavy atom. The molecule has 1 saturated carbocycles. The van der Waals surface area contributed by atoms with Gasteiger partial charge in [0.1, 0.15) is 6.10 Å². The Kier molecular flexibility index (Phi) is 9.41. The number of rotatable bonds is 9. The lowest BCUT2D eigenvalue weighted by molar-refractivity contribution is -0.144. The molecule has 2 rings (SSSR count). The Balaban J connectivity index is 2.09. The molecule has 1 aromatic carbocycles. The van der Waals surface area contributed by atoms with Gasteiger partial charge in [0.15, 0.2) is 11.5 Å². The van der Waals surface area contributed by atoms with Crippen molar-refractivity contribution in [3.05, 3.63) is 29.8 Å². The smallest absolute Gasteiger partial charge is 0.331 e. The summed E-state index contributed by atoms with van der Waals surface area (Å²) >= 11 is 0. The van der Waals surface area contributed by atoms with Gasteiger partial charge in [0.05, 0.1) is 0 Å². The van der Waals surface area contributed by atoms with Gasteiger partial charge in [-0.25, -0.2) is 4.79 Å². The highest BCUT2D eigenvalue weighted by atomic mass is 16.6. The molecule has 6 nitrogen and oxygen atoms in total. The van der Waals surface area contributed by atoms with Gasteiger partial charge in [-0.2, -0.15) is 0 Å². The van der Waals surface area contributed by atoms with Crippen molar-refractivity contribution in [1.29, 1.82) is 0 Å². The molecule has 0 heterocycles. The lowest BCUT2D eigenvalue weighted by atomic mass is 9.98. The molecular formula is C23H30O6. The fourth-order valence-corrected chi connectivity index (χ4v) is 3.10. The molecule has 0 bridgehead atoms. The van der Waals surface area contributed by atoms with Gasteiger partial charge in [-0.1, -0.05) is 26.3 Å². The average Bonchev–Trinajstić information content (AvgIpc) is 2.69. The molecule has 0 N–H and O–H groups in total. The third kappa shape index (κ3) is 8.10. The minimum atomic E-state index is -0.405. The van der Waals surface area contributed by atoms with E-state index in [0.717, 1.165) is 25.7 Å². The summed E-state index contributed by atoms with van der Waals surface area (Å²) in [6, 6.07) is 4.83. The van der Waals surface area contributed by atoms with E-state index in [9.17, 15) is 14.4 Å². The quantitative estimate of drug-likeness (QED) is 0.329.